The van der Waals surface area contributed by atoms with Crippen LogP contribution in [-0.2, 0) is 10.7 Å². The Kier molecular flexibility index (Phi) is 2.65. The highest BCUT2D eigenvalue weighted by Crippen LogP contribution is 2.24. The maximum Gasteiger partial charge on any atom is 0.313 e. The van der Waals surface area contributed by atoms with Gasteiger partial charge in [0.15, 0.2) is 0 Å². The molecule has 0 aliphatic heterocycles. The molecule has 0 N–H and O–H groups in total. The first-order valence-corrected chi connectivity index (χ1v) is 3.30. The number of alkyl halides is 2. The predicted octanol–water partition coefficient (Wildman–Crippen LogP) is 1.21. The zero-order chi connectivity index (χ0) is 9.03. The lowest BCUT2D eigenvalue weighted by Crippen LogP contribution is -2.21. The van der Waals surface area contributed by atoms with E-state index in [1.54, 1.807) is 0 Å². The van der Waals surface area contributed by atoms with Gasteiger partial charge in [-0.25, -0.2) is 0 Å². The molecule has 0 aliphatic rings. The summed E-state index contributed by atoms with van der Waals surface area (Å²) in [6, 6.07) is 0. The minimum absolute atomic E-state index is 0.369. The molecule has 0 bridgehead atoms. The Labute approximate surface area is 68.4 Å². The van der Waals surface area contributed by atoms with Gasteiger partial charge in [-0.2, -0.15) is 8.78 Å². The lowest BCUT2D eigenvalue weighted by Gasteiger charge is -2.12. The number of methoxy groups -OCH3 is 1. The van der Waals surface area contributed by atoms with Crippen molar-refractivity contribution in [3.63, 3.8) is 0 Å². The van der Waals surface area contributed by atoms with Crippen LogP contribution in [0.1, 0.15) is 5.69 Å². The molecule has 66 valence electrons. The summed E-state index contributed by atoms with van der Waals surface area (Å²) in [6.45, 7) is -0.675. The first-order chi connectivity index (χ1) is 5.67. The van der Waals surface area contributed by atoms with Gasteiger partial charge < -0.3 is 4.74 Å². The van der Waals surface area contributed by atoms with Crippen LogP contribution < -0.4 is 0 Å². The van der Waals surface area contributed by atoms with Crippen molar-refractivity contribution >= 4 is 0 Å². The van der Waals surface area contributed by atoms with E-state index in [1.807, 2.05) is 0 Å². The fraction of sp³-hybridized carbons (Fsp3) is 0.429. The molecule has 0 aromatic carbocycles. The van der Waals surface area contributed by atoms with Crippen molar-refractivity contribution < 1.29 is 13.5 Å². The van der Waals surface area contributed by atoms with Crippen molar-refractivity contribution in [1.29, 1.82) is 0 Å². The first kappa shape index (κ1) is 8.99. The van der Waals surface area contributed by atoms with Crippen LogP contribution in [0.3, 0.4) is 0 Å². The second-order valence-corrected chi connectivity index (χ2v) is 2.23. The highest BCUT2D eigenvalue weighted by atomic mass is 19.3. The van der Waals surface area contributed by atoms with Crippen molar-refractivity contribution in [2.45, 2.75) is 5.92 Å². The number of rotatable bonds is 3. The molecular formula is C7H8F2N2O. The van der Waals surface area contributed by atoms with Gasteiger partial charge in [-0.3, -0.25) is 9.97 Å². The number of aromatic nitrogens is 2. The normalized spacial score (nSPS) is 11.6. The fourth-order valence-electron chi connectivity index (χ4n) is 0.743. The minimum atomic E-state index is -3.05. The molecule has 1 rings (SSSR count). The van der Waals surface area contributed by atoms with Gasteiger partial charge in [-0.1, -0.05) is 0 Å². The third-order valence-corrected chi connectivity index (χ3v) is 1.26. The van der Waals surface area contributed by atoms with Gasteiger partial charge in [0.25, 0.3) is 0 Å². The van der Waals surface area contributed by atoms with Gasteiger partial charge in [-0.05, 0) is 0 Å². The molecule has 12 heavy (non-hydrogen) atoms. The van der Waals surface area contributed by atoms with Gasteiger partial charge in [0.1, 0.15) is 12.3 Å². The largest absolute Gasteiger partial charge is 0.378 e. The Bertz CT molecular complexity index is 240. The molecular weight excluding hydrogens is 166 g/mol. The van der Waals surface area contributed by atoms with Crippen molar-refractivity contribution in [2.24, 2.45) is 0 Å². The summed E-state index contributed by atoms with van der Waals surface area (Å²) in [5, 5.41) is 0. The summed E-state index contributed by atoms with van der Waals surface area (Å²) in [5.41, 5.74) is -0.369. The quantitative estimate of drug-likeness (QED) is 0.690. The summed E-state index contributed by atoms with van der Waals surface area (Å²) in [5.74, 6) is -3.05. The monoisotopic (exact) mass is 174 g/mol. The van der Waals surface area contributed by atoms with E-state index in [0.717, 1.165) is 6.20 Å². The van der Waals surface area contributed by atoms with Gasteiger partial charge in [0, 0.05) is 19.5 Å². The van der Waals surface area contributed by atoms with E-state index in [0.29, 0.717) is 0 Å². The van der Waals surface area contributed by atoms with Crippen molar-refractivity contribution in [3.05, 3.63) is 24.3 Å². The summed E-state index contributed by atoms with van der Waals surface area (Å²) >= 11 is 0. The molecule has 3 nitrogen and oxygen atoms in total. The fourth-order valence-corrected chi connectivity index (χ4v) is 0.743. The second-order valence-electron chi connectivity index (χ2n) is 2.23. The van der Waals surface area contributed by atoms with Crippen LogP contribution in [0.25, 0.3) is 0 Å². The van der Waals surface area contributed by atoms with Gasteiger partial charge in [0.2, 0.25) is 0 Å². The van der Waals surface area contributed by atoms with Gasteiger partial charge >= 0.3 is 5.92 Å². The molecule has 1 aromatic heterocycles. The van der Waals surface area contributed by atoms with Crippen LogP contribution in [-0.4, -0.2) is 23.7 Å². The number of nitrogens with zero attached hydrogens (tertiary/aromatic N) is 2. The Balaban J connectivity index is 2.82. The molecule has 0 fully saturated rings. The number of hydrogen-bond acceptors (Lipinski definition) is 3. The van der Waals surface area contributed by atoms with Crippen LogP contribution in [0.4, 0.5) is 8.78 Å². The van der Waals surface area contributed by atoms with E-state index in [9.17, 15) is 8.78 Å². The summed E-state index contributed by atoms with van der Waals surface area (Å²) < 4.78 is 30.2. The van der Waals surface area contributed by atoms with E-state index in [-0.39, 0.29) is 5.69 Å². The number of hydrogen-bond donors (Lipinski definition) is 0. The lowest BCUT2D eigenvalue weighted by atomic mass is 10.2. The summed E-state index contributed by atoms with van der Waals surface area (Å²) in [7, 11) is 1.21. The van der Waals surface area contributed by atoms with Crippen LogP contribution >= 0.6 is 0 Å². The van der Waals surface area contributed by atoms with Crippen LogP contribution in [0.5, 0.6) is 0 Å². The molecule has 0 amide bonds. The zero-order valence-electron chi connectivity index (χ0n) is 6.50. The predicted molar refractivity (Wildman–Crippen MR) is 37.8 cm³/mol. The standard InChI is InChI=1S/C7H8F2N2O/c1-12-5-7(8,9)6-4-10-2-3-11-6/h2-4H,5H2,1H3. The average molecular weight is 174 g/mol. The molecule has 0 spiro atoms. The molecule has 0 radical (unpaired) electrons. The Hall–Kier alpha value is -1.10. The van der Waals surface area contributed by atoms with Crippen LogP contribution in [0.15, 0.2) is 18.6 Å². The number of ether oxygens (including phenoxy) is 1. The average Bonchev–Trinajstić information content (AvgIpc) is 2.06. The van der Waals surface area contributed by atoms with Gasteiger partial charge in [0.05, 0.1) is 6.20 Å². The Morgan fingerprint density at radius 2 is 2.25 bits per heavy atom. The van der Waals surface area contributed by atoms with Gasteiger partial charge in [-0.15, -0.1) is 0 Å². The molecule has 1 aromatic rings. The third kappa shape index (κ3) is 1.94. The molecule has 1 heterocycles. The van der Waals surface area contributed by atoms with Crippen LogP contribution in [0, 0.1) is 0 Å². The SMILES string of the molecule is COCC(F)(F)c1cnccn1. The Morgan fingerprint density at radius 3 is 2.75 bits per heavy atom. The second kappa shape index (κ2) is 3.53. The van der Waals surface area contributed by atoms with E-state index in [2.05, 4.69) is 14.7 Å². The molecule has 0 aliphatic carbocycles. The highest BCUT2D eigenvalue weighted by Gasteiger charge is 2.33. The molecule has 0 unspecified atom stereocenters. The minimum Gasteiger partial charge on any atom is -0.378 e. The van der Waals surface area contributed by atoms with E-state index < -0.39 is 12.5 Å². The molecule has 5 heteroatoms. The van der Waals surface area contributed by atoms with E-state index >= 15 is 0 Å². The zero-order valence-corrected chi connectivity index (χ0v) is 6.50. The molecule has 0 saturated carbocycles. The molecule has 0 atom stereocenters. The summed E-state index contributed by atoms with van der Waals surface area (Å²) in [4.78, 5) is 7.01. The van der Waals surface area contributed by atoms with Crippen molar-refractivity contribution in [3.8, 4) is 0 Å². The Morgan fingerprint density at radius 1 is 1.50 bits per heavy atom. The van der Waals surface area contributed by atoms with E-state index in [1.165, 1.54) is 19.5 Å². The maximum atomic E-state index is 12.9. The topological polar surface area (TPSA) is 35.0 Å². The third-order valence-electron chi connectivity index (χ3n) is 1.26. The van der Waals surface area contributed by atoms with Crippen molar-refractivity contribution in [1.82, 2.24) is 9.97 Å². The van der Waals surface area contributed by atoms with Crippen molar-refractivity contribution in [2.75, 3.05) is 13.7 Å². The number of halogens is 2. The molecule has 0 saturated heterocycles. The smallest absolute Gasteiger partial charge is 0.313 e. The summed E-state index contributed by atoms with van der Waals surface area (Å²) in [6.07, 6.45) is 3.59. The van der Waals surface area contributed by atoms with Crippen LogP contribution in [0.2, 0.25) is 0 Å². The highest BCUT2D eigenvalue weighted by molar-refractivity contribution is 5.03. The lowest BCUT2D eigenvalue weighted by molar-refractivity contribution is -0.0733. The maximum absolute atomic E-state index is 12.9. The van der Waals surface area contributed by atoms with E-state index in [4.69, 9.17) is 0 Å². The first-order valence-electron chi connectivity index (χ1n) is 3.30.